The lowest BCUT2D eigenvalue weighted by Gasteiger charge is -2.07. The summed E-state index contributed by atoms with van der Waals surface area (Å²) >= 11 is 1.53. The van der Waals surface area contributed by atoms with Gasteiger partial charge >= 0.3 is 0 Å². The van der Waals surface area contributed by atoms with Crippen LogP contribution in [-0.2, 0) is 0 Å². The third kappa shape index (κ3) is 4.87. The molecule has 162 valence electrons. The number of ether oxygens (including phenoxy) is 1. The molecular formula is C24H22N4O3S. The molecule has 2 aromatic carbocycles. The molecule has 0 radical (unpaired) electrons. The Bertz CT molecular complexity index is 1190. The Labute approximate surface area is 189 Å². The topological polar surface area (TPSA) is 85.3 Å². The minimum atomic E-state index is -0.241. The molecule has 0 saturated carbocycles. The molecule has 0 atom stereocenters. The number of rotatable bonds is 8. The number of hydrogen-bond donors (Lipinski definition) is 2. The molecule has 8 heteroatoms. The quantitative estimate of drug-likeness (QED) is 0.404. The van der Waals surface area contributed by atoms with Gasteiger partial charge in [0.1, 0.15) is 11.4 Å². The first-order valence-electron chi connectivity index (χ1n) is 10.0. The Hall–Kier alpha value is -3.91. The largest absolute Gasteiger partial charge is 0.497 e. The molecule has 0 aliphatic carbocycles. The first-order valence-corrected chi connectivity index (χ1v) is 10.9. The zero-order valence-electron chi connectivity index (χ0n) is 17.4. The number of benzene rings is 2. The summed E-state index contributed by atoms with van der Waals surface area (Å²) in [6, 6.07) is 20.4. The molecule has 4 aromatic rings. The molecule has 0 saturated heterocycles. The highest BCUT2D eigenvalue weighted by Gasteiger charge is 2.19. The number of hydrogen-bond acceptors (Lipinski definition) is 5. The fourth-order valence-electron chi connectivity index (χ4n) is 3.14. The van der Waals surface area contributed by atoms with Crippen molar-refractivity contribution in [3.05, 3.63) is 89.4 Å². The van der Waals surface area contributed by atoms with Crippen LogP contribution < -0.4 is 15.4 Å². The molecule has 32 heavy (non-hydrogen) atoms. The molecule has 0 aliphatic heterocycles. The standard InChI is InChI=1S/C24H22N4O3S/c1-31-19-11-9-17(10-12-19)23(29)25-13-14-26-24(30)20-16-28(18-6-3-2-4-7-18)27-22(20)21-8-5-15-32-21/h2-12,15-16H,13-14H2,1H3,(H,25,29)(H,26,30). The van der Waals surface area contributed by atoms with Crippen molar-refractivity contribution in [1.29, 1.82) is 0 Å². The molecule has 2 amide bonds. The zero-order chi connectivity index (χ0) is 22.3. The number of para-hydroxylation sites is 1. The number of nitrogens with zero attached hydrogens (tertiary/aromatic N) is 2. The van der Waals surface area contributed by atoms with Crippen molar-refractivity contribution < 1.29 is 14.3 Å². The van der Waals surface area contributed by atoms with Crippen molar-refractivity contribution in [3.63, 3.8) is 0 Å². The lowest BCUT2D eigenvalue weighted by atomic mass is 10.2. The number of amides is 2. The predicted octanol–water partition coefficient (Wildman–Crippen LogP) is 3.77. The highest BCUT2D eigenvalue weighted by atomic mass is 32.1. The molecule has 2 heterocycles. The molecule has 7 nitrogen and oxygen atoms in total. The minimum Gasteiger partial charge on any atom is -0.497 e. The maximum atomic E-state index is 12.9. The van der Waals surface area contributed by atoms with Crippen LogP contribution >= 0.6 is 11.3 Å². The lowest BCUT2D eigenvalue weighted by molar-refractivity contribution is 0.0928. The number of nitrogens with one attached hydrogen (secondary N) is 2. The molecule has 0 fully saturated rings. The molecule has 2 N–H and O–H groups in total. The Balaban J connectivity index is 1.40. The van der Waals surface area contributed by atoms with Gasteiger partial charge < -0.3 is 15.4 Å². The average molecular weight is 447 g/mol. The van der Waals surface area contributed by atoms with E-state index in [-0.39, 0.29) is 11.8 Å². The Kier molecular flexibility index (Phi) is 6.62. The van der Waals surface area contributed by atoms with Crippen LogP contribution in [-0.4, -0.2) is 41.8 Å². The van der Waals surface area contributed by atoms with Crippen LogP contribution in [0.15, 0.2) is 78.3 Å². The van der Waals surface area contributed by atoms with E-state index in [1.165, 1.54) is 11.3 Å². The van der Waals surface area contributed by atoms with Crippen LogP contribution in [0.4, 0.5) is 0 Å². The van der Waals surface area contributed by atoms with Gasteiger partial charge in [-0.2, -0.15) is 5.10 Å². The van der Waals surface area contributed by atoms with E-state index in [0.717, 1.165) is 10.6 Å². The van der Waals surface area contributed by atoms with E-state index in [1.807, 2.05) is 47.8 Å². The van der Waals surface area contributed by atoms with Gasteiger partial charge in [0.05, 0.1) is 23.2 Å². The van der Waals surface area contributed by atoms with E-state index in [0.29, 0.717) is 35.7 Å². The minimum absolute atomic E-state index is 0.210. The highest BCUT2D eigenvalue weighted by Crippen LogP contribution is 2.27. The van der Waals surface area contributed by atoms with Gasteiger partial charge in [-0.15, -0.1) is 11.3 Å². The summed E-state index contributed by atoms with van der Waals surface area (Å²) in [5.41, 5.74) is 2.51. The molecule has 2 aromatic heterocycles. The second kappa shape index (κ2) is 9.93. The predicted molar refractivity (Wildman–Crippen MR) is 125 cm³/mol. The lowest BCUT2D eigenvalue weighted by Crippen LogP contribution is -2.34. The van der Waals surface area contributed by atoms with E-state index >= 15 is 0 Å². The normalized spacial score (nSPS) is 10.5. The molecule has 0 aliphatic rings. The maximum Gasteiger partial charge on any atom is 0.255 e. The van der Waals surface area contributed by atoms with E-state index < -0.39 is 0 Å². The third-order valence-electron chi connectivity index (χ3n) is 4.78. The summed E-state index contributed by atoms with van der Waals surface area (Å²) in [6.45, 7) is 0.596. The van der Waals surface area contributed by atoms with E-state index in [9.17, 15) is 9.59 Å². The molecule has 4 rings (SSSR count). The first-order chi connectivity index (χ1) is 15.7. The first kappa shape index (κ1) is 21.3. The second-order valence-corrected chi connectivity index (χ2v) is 7.84. The Morgan fingerprint density at radius 1 is 0.938 bits per heavy atom. The van der Waals surface area contributed by atoms with Gasteiger partial charge in [-0.1, -0.05) is 24.3 Å². The highest BCUT2D eigenvalue weighted by molar-refractivity contribution is 7.13. The smallest absolute Gasteiger partial charge is 0.255 e. The van der Waals surface area contributed by atoms with Crippen molar-refractivity contribution in [2.75, 3.05) is 20.2 Å². The van der Waals surface area contributed by atoms with Crippen molar-refractivity contribution in [2.45, 2.75) is 0 Å². The average Bonchev–Trinajstić information content (AvgIpc) is 3.52. The van der Waals surface area contributed by atoms with Crippen molar-refractivity contribution in [2.24, 2.45) is 0 Å². The summed E-state index contributed by atoms with van der Waals surface area (Å²) in [5.74, 6) is 0.235. The van der Waals surface area contributed by atoms with Gasteiger partial charge in [0, 0.05) is 24.8 Å². The fourth-order valence-corrected chi connectivity index (χ4v) is 3.86. The van der Waals surface area contributed by atoms with Crippen LogP contribution in [0.5, 0.6) is 5.75 Å². The zero-order valence-corrected chi connectivity index (χ0v) is 18.3. The number of carbonyl (C=O) groups is 2. The number of thiophene rings is 1. The summed E-state index contributed by atoms with van der Waals surface area (Å²) in [5, 5.41) is 12.3. The van der Waals surface area contributed by atoms with Gasteiger partial charge in [0.15, 0.2) is 0 Å². The van der Waals surface area contributed by atoms with E-state index in [1.54, 1.807) is 42.3 Å². The van der Waals surface area contributed by atoms with Crippen LogP contribution in [0.3, 0.4) is 0 Å². The van der Waals surface area contributed by atoms with Gasteiger partial charge in [-0.05, 0) is 47.8 Å². The maximum absolute atomic E-state index is 12.9. The summed E-state index contributed by atoms with van der Waals surface area (Å²) < 4.78 is 6.80. The Morgan fingerprint density at radius 2 is 1.66 bits per heavy atom. The number of methoxy groups -OCH3 is 1. The summed E-state index contributed by atoms with van der Waals surface area (Å²) in [7, 11) is 1.57. The van der Waals surface area contributed by atoms with Crippen LogP contribution in [0.1, 0.15) is 20.7 Å². The molecule has 0 spiro atoms. The van der Waals surface area contributed by atoms with Gasteiger partial charge in [0.2, 0.25) is 0 Å². The summed E-state index contributed by atoms with van der Waals surface area (Å²) in [4.78, 5) is 26.1. The van der Waals surface area contributed by atoms with Gasteiger partial charge in [-0.25, -0.2) is 4.68 Å². The van der Waals surface area contributed by atoms with Crippen molar-refractivity contribution in [1.82, 2.24) is 20.4 Å². The molecule has 0 unspecified atom stereocenters. The Morgan fingerprint density at radius 3 is 2.31 bits per heavy atom. The number of carbonyl (C=O) groups excluding carboxylic acids is 2. The van der Waals surface area contributed by atoms with E-state index in [2.05, 4.69) is 15.7 Å². The number of aromatic nitrogens is 2. The SMILES string of the molecule is COc1ccc(C(=O)NCCNC(=O)c2cn(-c3ccccc3)nc2-c2cccs2)cc1. The molecular weight excluding hydrogens is 424 g/mol. The van der Waals surface area contributed by atoms with Crippen LogP contribution in [0, 0.1) is 0 Å². The summed E-state index contributed by atoms with van der Waals surface area (Å²) in [6.07, 6.45) is 1.73. The van der Waals surface area contributed by atoms with Crippen molar-refractivity contribution in [3.8, 4) is 22.0 Å². The van der Waals surface area contributed by atoms with Gasteiger partial charge in [-0.3, -0.25) is 9.59 Å². The fraction of sp³-hybridized carbons (Fsp3) is 0.125. The van der Waals surface area contributed by atoms with Crippen LogP contribution in [0.2, 0.25) is 0 Å². The molecule has 0 bridgehead atoms. The third-order valence-corrected chi connectivity index (χ3v) is 5.66. The van der Waals surface area contributed by atoms with Crippen LogP contribution in [0.25, 0.3) is 16.3 Å². The van der Waals surface area contributed by atoms with Gasteiger partial charge in [0.25, 0.3) is 11.8 Å². The van der Waals surface area contributed by atoms with E-state index in [4.69, 9.17) is 4.74 Å². The second-order valence-electron chi connectivity index (χ2n) is 6.89. The van der Waals surface area contributed by atoms with Crippen molar-refractivity contribution >= 4 is 23.2 Å². The monoisotopic (exact) mass is 446 g/mol.